The molecule has 0 heterocycles. The van der Waals surface area contributed by atoms with Gasteiger partial charge in [0, 0.05) is 22.8 Å². The molecule has 0 saturated heterocycles. The van der Waals surface area contributed by atoms with Crippen molar-refractivity contribution in [1.82, 2.24) is 0 Å². The van der Waals surface area contributed by atoms with Crippen molar-refractivity contribution in [1.29, 1.82) is 0 Å². The smallest absolute Gasteiger partial charge is 0.173 e. The normalized spacial score (nSPS) is 33.0. The number of hydrogen-bond acceptors (Lipinski definition) is 4. The largest absolute Gasteiger partial charge is 0.497 e. The Balaban J connectivity index is 1.83. The van der Waals surface area contributed by atoms with Gasteiger partial charge in [0.05, 0.1) is 13.0 Å². The molecule has 6 rings (SSSR count). The third-order valence-corrected chi connectivity index (χ3v) is 7.88. The van der Waals surface area contributed by atoms with Crippen LogP contribution in [0.15, 0.2) is 72.3 Å². The van der Waals surface area contributed by atoms with Gasteiger partial charge in [-0.05, 0) is 35.6 Å². The number of rotatable bonds is 3. The van der Waals surface area contributed by atoms with E-state index in [0.29, 0.717) is 11.3 Å². The molecule has 4 aliphatic carbocycles. The van der Waals surface area contributed by atoms with E-state index >= 15 is 0 Å². The second kappa shape index (κ2) is 7.01. The molecule has 0 aliphatic heterocycles. The number of ether oxygens (including phenoxy) is 1. The molecule has 4 nitrogen and oxygen atoms in total. The fourth-order valence-electron chi connectivity index (χ4n) is 6.31. The highest BCUT2D eigenvalue weighted by Gasteiger charge is 2.70. The first-order chi connectivity index (χ1) is 15.5. The molecule has 1 fully saturated rings. The molecule has 2 bridgehead atoms. The fraction of sp³-hybridized carbons (Fsp3) is 0.379. The minimum atomic E-state index is -1.59. The maximum absolute atomic E-state index is 14.1. The number of carbonyl (C=O) groups is 2. The minimum Gasteiger partial charge on any atom is -0.497 e. The van der Waals surface area contributed by atoms with E-state index in [-0.39, 0.29) is 17.0 Å². The van der Waals surface area contributed by atoms with Crippen LogP contribution in [0, 0.1) is 23.2 Å². The highest BCUT2D eigenvalue weighted by Crippen LogP contribution is 2.65. The summed E-state index contributed by atoms with van der Waals surface area (Å²) < 4.78 is 5.40. The molecule has 2 aromatic carbocycles. The Bertz CT molecular complexity index is 1210. The van der Waals surface area contributed by atoms with Gasteiger partial charge < -0.3 is 9.84 Å². The van der Waals surface area contributed by atoms with E-state index in [1.807, 2.05) is 66.7 Å². The lowest BCUT2D eigenvalue weighted by molar-refractivity contribution is -0.161. The van der Waals surface area contributed by atoms with Gasteiger partial charge in [0.15, 0.2) is 11.6 Å². The number of aliphatic hydroxyl groups is 1. The summed E-state index contributed by atoms with van der Waals surface area (Å²) in [6.07, 6.45) is 4.05. The Kier molecular flexibility index (Phi) is 4.64. The van der Waals surface area contributed by atoms with Crippen LogP contribution in [0.5, 0.6) is 5.75 Å². The van der Waals surface area contributed by atoms with Crippen molar-refractivity contribution >= 4 is 17.1 Å². The quantitative estimate of drug-likeness (QED) is 0.696. The van der Waals surface area contributed by atoms with Crippen molar-refractivity contribution in [3.63, 3.8) is 0 Å². The Morgan fingerprint density at radius 3 is 2.33 bits per heavy atom. The Morgan fingerprint density at radius 1 is 1.00 bits per heavy atom. The number of ketones is 2. The van der Waals surface area contributed by atoms with Crippen molar-refractivity contribution in [3.05, 3.63) is 83.4 Å². The standard InChI is InChI=1S/C29H30O4/c1-27(2,3)21-15-22-23-25(30)20(17-10-9-13-19(14-17)33-5)16-29(23,18-11-7-6-8-12-18)24(21)26(31)28(22,4)32/h6-16,22-24,32H,1-5H3/t22-,23-,24-,28+,29-/m0/s1. The molecular formula is C29H30O4. The first-order valence-corrected chi connectivity index (χ1v) is 11.5. The summed E-state index contributed by atoms with van der Waals surface area (Å²) in [6, 6.07) is 17.3. The Labute approximate surface area is 195 Å². The fourth-order valence-corrected chi connectivity index (χ4v) is 6.31. The van der Waals surface area contributed by atoms with Crippen LogP contribution in [0.25, 0.3) is 5.57 Å². The van der Waals surface area contributed by atoms with Crippen LogP contribution in [0.4, 0.5) is 0 Å². The number of fused-ring (bicyclic) bond motifs is 1. The van der Waals surface area contributed by atoms with Gasteiger partial charge in [0.2, 0.25) is 0 Å². The van der Waals surface area contributed by atoms with Gasteiger partial charge in [-0.25, -0.2) is 0 Å². The number of Topliss-reactive ketones (excluding diaryl/α,β-unsaturated/α-hetero) is 2. The highest BCUT2D eigenvalue weighted by molar-refractivity contribution is 6.26. The third-order valence-electron chi connectivity index (χ3n) is 7.88. The lowest BCUT2D eigenvalue weighted by Gasteiger charge is -2.58. The molecule has 0 aromatic heterocycles. The molecule has 5 atom stereocenters. The van der Waals surface area contributed by atoms with Gasteiger partial charge in [0.1, 0.15) is 11.4 Å². The zero-order chi connectivity index (χ0) is 23.8. The summed E-state index contributed by atoms with van der Waals surface area (Å²) in [7, 11) is 1.60. The number of hydrogen-bond donors (Lipinski definition) is 1. The molecule has 0 amide bonds. The number of benzene rings is 2. The van der Waals surface area contributed by atoms with Gasteiger partial charge >= 0.3 is 0 Å². The van der Waals surface area contributed by atoms with Crippen molar-refractivity contribution in [3.8, 4) is 5.75 Å². The van der Waals surface area contributed by atoms with Crippen LogP contribution in [-0.4, -0.2) is 29.4 Å². The number of allylic oxidation sites excluding steroid dienone is 3. The highest BCUT2D eigenvalue weighted by atomic mass is 16.5. The van der Waals surface area contributed by atoms with E-state index < -0.39 is 28.8 Å². The summed E-state index contributed by atoms with van der Waals surface area (Å²) in [5, 5.41) is 11.4. The van der Waals surface area contributed by atoms with E-state index in [1.54, 1.807) is 14.0 Å². The molecule has 4 heteroatoms. The van der Waals surface area contributed by atoms with Crippen LogP contribution in [0.3, 0.4) is 0 Å². The average Bonchev–Trinajstić information content (AvgIpc) is 3.11. The molecule has 33 heavy (non-hydrogen) atoms. The van der Waals surface area contributed by atoms with Crippen molar-refractivity contribution in [2.45, 2.75) is 38.7 Å². The first-order valence-electron chi connectivity index (χ1n) is 11.5. The van der Waals surface area contributed by atoms with E-state index in [1.165, 1.54) is 0 Å². The molecule has 0 spiro atoms. The third kappa shape index (κ3) is 2.86. The Morgan fingerprint density at radius 2 is 1.70 bits per heavy atom. The summed E-state index contributed by atoms with van der Waals surface area (Å²) in [6.45, 7) is 7.87. The van der Waals surface area contributed by atoms with Gasteiger partial charge in [-0.2, -0.15) is 0 Å². The van der Waals surface area contributed by atoms with E-state index in [9.17, 15) is 14.7 Å². The topological polar surface area (TPSA) is 63.6 Å². The first kappa shape index (κ1) is 21.8. The average molecular weight is 443 g/mol. The number of methoxy groups -OCH3 is 1. The molecule has 0 radical (unpaired) electrons. The predicted molar refractivity (Wildman–Crippen MR) is 128 cm³/mol. The summed E-state index contributed by atoms with van der Waals surface area (Å²) in [5.41, 5.74) is 0.597. The molecule has 2 aromatic rings. The number of carbonyl (C=O) groups excluding carboxylic acids is 2. The lowest BCUT2D eigenvalue weighted by Crippen LogP contribution is -2.67. The van der Waals surface area contributed by atoms with Crippen molar-refractivity contribution in [2.24, 2.45) is 23.2 Å². The molecule has 0 unspecified atom stereocenters. The van der Waals surface area contributed by atoms with Gasteiger partial charge in [-0.1, -0.05) is 81.0 Å². The van der Waals surface area contributed by atoms with Gasteiger partial charge in [-0.15, -0.1) is 0 Å². The van der Waals surface area contributed by atoms with E-state index in [2.05, 4.69) is 20.8 Å². The second-order valence-corrected chi connectivity index (χ2v) is 10.8. The van der Waals surface area contributed by atoms with Crippen LogP contribution >= 0.6 is 0 Å². The van der Waals surface area contributed by atoms with E-state index in [0.717, 1.165) is 16.7 Å². The zero-order valence-electron chi connectivity index (χ0n) is 19.8. The monoisotopic (exact) mass is 442 g/mol. The summed E-state index contributed by atoms with van der Waals surface area (Å²) in [4.78, 5) is 28.0. The molecule has 1 saturated carbocycles. The maximum Gasteiger partial charge on any atom is 0.173 e. The Hall–Kier alpha value is -2.98. The van der Waals surface area contributed by atoms with E-state index in [4.69, 9.17) is 4.74 Å². The van der Waals surface area contributed by atoms with Crippen molar-refractivity contribution < 1.29 is 19.4 Å². The summed E-state index contributed by atoms with van der Waals surface area (Å²) in [5.74, 6) is -1.32. The predicted octanol–water partition coefficient (Wildman–Crippen LogP) is 4.77. The maximum atomic E-state index is 14.1. The SMILES string of the molecule is COc1cccc(C2=C[C@@]3(c4ccccc4)[C@@H]4C(=O)[C@](C)(O)[C@@H](C=C4C(C)(C)C)[C@H]3C2=O)c1. The molecular weight excluding hydrogens is 412 g/mol. The molecule has 4 aliphatic rings. The van der Waals surface area contributed by atoms with Gasteiger partial charge in [0.25, 0.3) is 0 Å². The summed E-state index contributed by atoms with van der Waals surface area (Å²) >= 11 is 0. The molecule has 1 N–H and O–H groups in total. The van der Waals surface area contributed by atoms with Crippen LogP contribution in [0.2, 0.25) is 0 Å². The van der Waals surface area contributed by atoms with Crippen LogP contribution in [0.1, 0.15) is 38.8 Å². The second-order valence-electron chi connectivity index (χ2n) is 10.8. The van der Waals surface area contributed by atoms with Crippen LogP contribution in [-0.2, 0) is 15.0 Å². The lowest BCUT2D eigenvalue weighted by atomic mass is 9.43. The zero-order valence-corrected chi connectivity index (χ0v) is 19.8. The minimum absolute atomic E-state index is 0.0286. The van der Waals surface area contributed by atoms with Gasteiger partial charge in [-0.3, -0.25) is 9.59 Å². The van der Waals surface area contributed by atoms with Crippen LogP contribution < -0.4 is 4.74 Å². The molecule has 170 valence electrons. The van der Waals surface area contributed by atoms with Crippen molar-refractivity contribution in [2.75, 3.05) is 7.11 Å².